The maximum Gasteiger partial charge on any atom is 0.320 e. The van der Waals surface area contributed by atoms with Gasteiger partial charge in [-0.2, -0.15) is 0 Å². The molecule has 0 unspecified atom stereocenters. The second-order valence-electron chi connectivity index (χ2n) is 6.92. The average Bonchev–Trinajstić information content (AvgIpc) is 2.60. The van der Waals surface area contributed by atoms with Gasteiger partial charge < -0.3 is 4.74 Å². The summed E-state index contributed by atoms with van der Waals surface area (Å²) >= 11 is 0. The number of hydrogen-bond acceptors (Lipinski definition) is 3. The number of likely N-dealkylation sites (N-methyl/N-ethyl adjacent to an activating group) is 1. The van der Waals surface area contributed by atoms with E-state index in [1.807, 2.05) is 0 Å². The van der Waals surface area contributed by atoms with Gasteiger partial charge in [0, 0.05) is 0 Å². The molecule has 0 fully saturated rings. The number of esters is 1. The highest BCUT2D eigenvalue weighted by Crippen LogP contribution is 2.12. The lowest BCUT2D eigenvalue weighted by atomic mass is 10.0. The third-order valence-electron chi connectivity index (χ3n) is 4.76. The highest BCUT2D eigenvalue weighted by atomic mass is 16.5. The monoisotopic (exact) mass is 341 g/mol. The SMILES string of the molecule is CCCCCCCCCCCCCCCOC(=O)CN(CC)CC. The van der Waals surface area contributed by atoms with E-state index >= 15 is 0 Å². The van der Waals surface area contributed by atoms with Crippen LogP contribution in [0.25, 0.3) is 0 Å². The van der Waals surface area contributed by atoms with E-state index in [1.165, 1.54) is 77.0 Å². The highest BCUT2D eigenvalue weighted by Gasteiger charge is 2.07. The molecule has 24 heavy (non-hydrogen) atoms. The van der Waals surface area contributed by atoms with Crippen LogP contribution in [0.1, 0.15) is 104 Å². The molecule has 3 heteroatoms. The first-order valence-electron chi connectivity index (χ1n) is 10.6. The summed E-state index contributed by atoms with van der Waals surface area (Å²) in [5.74, 6) is -0.0716. The van der Waals surface area contributed by atoms with Crippen LogP contribution in [0.5, 0.6) is 0 Å². The summed E-state index contributed by atoms with van der Waals surface area (Å²) in [5, 5.41) is 0. The molecule has 144 valence electrons. The van der Waals surface area contributed by atoms with E-state index in [9.17, 15) is 4.79 Å². The van der Waals surface area contributed by atoms with Gasteiger partial charge >= 0.3 is 5.97 Å². The van der Waals surface area contributed by atoms with Gasteiger partial charge in [-0.1, -0.05) is 97.8 Å². The summed E-state index contributed by atoms with van der Waals surface area (Å²) in [6.07, 6.45) is 17.5. The first-order valence-corrected chi connectivity index (χ1v) is 10.6. The molecule has 0 atom stereocenters. The van der Waals surface area contributed by atoms with Crippen molar-refractivity contribution >= 4 is 5.97 Å². The Labute approximate surface area is 151 Å². The molecule has 0 N–H and O–H groups in total. The summed E-state index contributed by atoms with van der Waals surface area (Å²) in [4.78, 5) is 13.7. The molecule has 0 aliphatic carbocycles. The number of carbonyl (C=O) groups excluding carboxylic acids is 1. The van der Waals surface area contributed by atoms with Crippen molar-refractivity contribution in [1.29, 1.82) is 0 Å². The van der Waals surface area contributed by atoms with Gasteiger partial charge in [0.2, 0.25) is 0 Å². The van der Waals surface area contributed by atoms with Crippen LogP contribution in [0.4, 0.5) is 0 Å². The largest absolute Gasteiger partial charge is 0.465 e. The molecule has 0 saturated carbocycles. The van der Waals surface area contributed by atoms with Crippen LogP contribution in [0.3, 0.4) is 0 Å². The minimum absolute atomic E-state index is 0.0716. The molecular formula is C21H43NO2. The van der Waals surface area contributed by atoms with E-state index < -0.39 is 0 Å². The summed E-state index contributed by atoms with van der Waals surface area (Å²) in [5.41, 5.74) is 0. The van der Waals surface area contributed by atoms with Gasteiger partial charge in [-0.3, -0.25) is 9.69 Å². The number of rotatable bonds is 18. The molecule has 0 aromatic rings. The van der Waals surface area contributed by atoms with E-state index in [0.29, 0.717) is 13.2 Å². The van der Waals surface area contributed by atoms with Crippen molar-refractivity contribution < 1.29 is 9.53 Å². The van der Waals surface area contributed by atoms with Crippen LogP contribution in [-0.4, -0.2) is 37.1 Å². The molecular weight excluding hydrogens is 298 g/mol. The van der Waals surface area contributed by atoms with Crippen LogP contribution in [0.15, 0.2) is 0 Å². The Balaban J connectivity index is 3.18. The summed E-state index contributed by atoms with van der Waals surface area (Å²) in [6.45, 7) is 9.26. The Morgan fingerprint density at radius 2 is 1.08 bits per heavy atom. The molecule has 0 bridgehead atoms. The molecule has 0 aliphatic rings. The van der Waals surface area contributed by atoms with Crippen molar-refractivity contribution in [1.82, 2.24) is 4.90 Å². The minimum Gasteiger partial charge on any atom is -0.465 e. The molecule has 0 spiro atoms. The Hall–Kier alpha value is -0.570. The van der Waals surface area contributed by atoms with E-state index in [2.05, 4.69) is 25.7 Å². The fourth-order valence-corrected chi connectivity index (χ4v) is 2.98. The number of unbranched alkanes of at least 4 members (excludes halogenated alkanes) is 12. The topological polar surface area (TPSA) is 29.5 Å². The molecule has 0 aliphatic heterocycles. The van der Waals surface area contributed by atoms with Gasteiger partial charge in [-0.25, -0.2) is 0 Å². The summed E-state index contributed by atoms with van der Waals surface area (Å²) in [6, 6.07) is 0. The van der Waals surface area contributed by atoms with E-state index in [4.69, 9.17) is 4.74 Å². The predicted molar refractivity (Wildman–Crippen MR) is 104 cm³/mol. The molecule has 0 heterocycles. The zero-order valence-corrected chi connectivity index (χ0v) is 16.8. The maximum absolute atomic E-state index is 11.6. The van der Waals surface area contributed by atoms with Crippen LogP contribution in [0.2, 0.25) is 0 Å². The zero-order valence-electron chi connectivity index (χ0n) is 16.8. The van der Waals surface area contributed by atoms with Crippen molar-refractivity contribution in [3.8, 4) is 0 Å². The van der Waals surface area contributed by atoms with Crippen LogP contribution < -0.4 is 0 Å². The van der Waals surface area contributed by atoms with Crippen LogP contribution in [0, 0.1) is 0 Å². The Morgan fingerprint density at radius 1 is 0.667 bits per heavy atom. The summed E-state index contributed by atoms with van der Waals surface area (Å²) in [7, 11) is 0. The predicted octanol–water partition coefficient (Wildman–Crippen LogP) is 5.96. The van der Waals surface area contributed by atoms with Crippen molar-refractivity contribution in [3.05, 3.63) is 0 Å². The summed E-state index contributed by atoms with van der Waals surface area (Å²) < 4.78 is 5.30. The molecule has 0 aromatic heterocycles. The molecule has 0 radical (unpaired) electrons. The molecule has 0 amide bonds. The fourth-order valence-electron chi connectivity index (χ4n) is 2.98. The Kier molecular flexibility index (Phi) is 18.3. The first-order chi connectivity index (χ1) is 11.7. The second kappa shape index (κ2) is 18.8. The quantitative estimate of drug-likeness (QED) is 0.227. The van der Waals surface area contributed by atoms with Crippen LogP contribution in [-0.2, 0) is 9.53 Å². The van der Waals surface area contributed by atoms with Crippen molar-refractivity contribution in [3.63, 3.8) is 0 Å². The van der Waals surface area contributed by atoms with Gasteiger partial charge in [0.15, 0.2) is 0 Å². The van der Waals surface area contributed by atoms with Gasteiger partial charge in [0.1, 0.15) is 0 Å². The lowest BCUT2D eigenvalue weighted by Crippen LogP contribution is -2.30. The standard InChI is InChI=1S/C21H43NO2/c1-4-7-8-9-10-11-12-13-14-15-16-17-18-19-24-21(23)20-22(5-2)6-3/h4-20H2,1-3H3. The second-order valence-corrected chi connectivity index (χ2v) is 6.92. The number of nitrogens with zero attached hydrogens (tertiary/aromatic N) is 1. The lowest BCUT2D eigenvalue weighted by Gasteiger charge is -2.16. The van der Waals surface area contributed by atoms with E-state index in [-0.39, 0.29) is 5.97 Å². The Morgan fingerprint density at radius 3 is 1.50 bits per heavy atom. The van der Waals surface area contributed by atoms with E-state index in [1.54, 1.807) is 0 Å². The Bertz CT molecular complexity index is 265. The number of carbonyl (C=O) groups is 1. The molecule has 0 rings (SSSR count). The van der Waals surface area contributed by atoms with Gasteiger partial charge in [0.25, 0.3) is 0 Å². The van der Waals surface area contributed by atoms with Gasteiger partial charge in [-0.05, 0) is 19.5 Å². The normalized spacial score (nSPS) is 11.2. The highest BCUT2D eigenvalue weighted by molar-refractivity contribution is 5.71. The first kappa shape index (κ1) is 23.4. The number of hydrogen-bond donors (Lipinski definition) is 0. The molecule has 3 nitrogen and oxygen atoms in total. The van der Waals surface area contributed by atoms with Gasteiger partial charge in [-0.15, -0.1) is 0 Å². The average molecular weight is 342 g/mol. The lowest BCUT2D eigenvalue weighted by molar-refractivity contribution is -0.145. The minimum atomic E-state index is -0.0716. The third-order valence-corrected chi connectivity index (χ3v) is 4.76. The number of ether oxygens (including phenoxy) is 1. The van der Waals surface area contributed by atoms with E-state index in [0.717, 1.165) is 19.5 Å². The van der Waals surface area contributed by atoms with Crippen molar-refractivity contribution in [2.24, 2.45) is 0 Å². The third kappa shape index (κ3) is 16.3. The van der Waals surface area contributed by atoms with Gasteiger partial charge in [0.05, 0.1) is 13.2 Å². The molecule has 0 saturated heterocycles. The van der Waals surface area contributed by atoms with Crippen LogP contribution >= 0.6 is 0 Å². The molecule has 0 aromatic carbocycles. The maximum atomic E-state index is 11.6. The van der Waals surface area contributed by atoms with Crippen molar-refractivity contribution in [2.45, 2.75) is 104 Å². The zero-order chi connectivity index (χ0) is 17.9. The van der Waals surface area contributed by atoms with Crippen molar-refractivity contribution in [2.75, 3.05) is 26.2 Å². The smallest absolute Gasteiger partial charge is 0.320 e. The fraction of sp³-hybridized carbons (Fsp3) is 0.952.